The van der Waals surface area contributed by atoms with E-state index in [1.54, 1.807) is 6.07 Å². The summed E-state index contributed by atoms with van der Waals surface area (Å²) < 4.78 is 23.5. The molecule has 1 heterocycles. The van der Waals surface area contributed by atoms with Crippen LogP contribution >= 0.6 is 0 Å². The highest BCUT2D eigenvalue weighted by Gasteiger charge is 2.32. The lowest BCUT2D eigenvalue weighted by atomic mass is 10.1. The highest BCUT2D eigenvalue weighted by molar-refractivity contribution is 7.89. The van der Waals surface area contributed by atoms with Gasteiger partial charge in [-0.3, -0.25) is 0 Å². The summed E-state index contributed by atoms with van der Waals surface area (Å²) in [6.07, 6.45) is 0. The molecule has 0 saturated carbocycles. The maximum Gasteiger partial charge on any atom is 0.227 e. The molecule has 0 unspecified atom stereocenters. The van der Waals surface area contributed by atoms with Crippen molar-refractivity contribution in [3.05, 3.63) is 0 Å². The van der Waals surface area contributed by atoms with Crippen molar-refractivity contribution in [1.29, 1.82) is 5.26 Å². The Morgan fingerprint density at radius 2 is 2.18 bits per heavy atom. The summed E-state index contributed by atoms with van der Waals surface area (Å²) in [6, 6.07) is 1.64. The molecule has 0 N–H and O–H groups in total. The molecule has 0 aromatic heterocycles. The molecule has 0 bridgehead atoms. The molecular weight excluding hydrogens is 164 g/mol. The van der Waals surface area contributed by atoms with E-state index in [-0.39, 0.29) is 5.75 Å². The molecule has 5 heteroatoms. The third-order valence-corrected chi connectivity index (χ3v) is 3.25. The van der Waals surface area contributed by atoms with Gasteiger partial charge in [-0.15, -0.1) is 0 Å². The van der Waals surface area contributed by atoms with Crippen molar-refractivity contribution < 1.29 is 8.42 Å². The summed E-state index contributed by atoms with van der Waals surface area (Å²) in [5.41, 5.74) is 0. The third kappa shape index (κ3) is 1.70. The van der Waals surface area contributed by atoms with Crippen LogP contribution < -0.4 is 0 Å². The standard InChI is InChI=1S/C6H10N2O2S/c1-6-4-8(5-6)11(9,10)3-2-7/h6H,3-5H2,1H3. The van der Waals surface area contributed by atoms with Crippen molar-refractivity contribution in [1.82, 2.24) is 4.31 Å². The molecule has 62 valence electrons. The van der Waals surface area contributed by atoms with Gasteiger partial charge in [-0.25, -0.2) is 12.7 Å². The molecule has 0 aromatic carbocycles. The van der Waals surface area contributed by atoms with Crippen molar-refractivity contribution in [2.45, 2.75) is 6.92 Å². The molecule has 1 aliphatic heterocycles. The average Bonchev–Trinajstić information content (AvgIpc) is 1.81. The summed E-state index contributed by atoms with van der Waals surface area (Å²) >= 11 is 0. The molecule has 0 amide bonds. The van der Waals surface area contributed by atoms with Crippen molar-refractivity contribution in [3.8, 4) is 6.07 Å². The van der Waals surface area contributed by atoms with E-state index < -0.39 is 10.0 Å². The van der Waals surface area contributed by atoms with Gasteiger partial charge in [0.05, 0.1) is 6.07 Å². The lowest BCUT2D eigenvalue weighted by molar-refractivity contribution is 0.219. The average molecular weight is 174 g/mol. The Bertz CT molecular complexity index is 271. The van der Waals surface area contributed by atoms with Gasteiger partial charge in [0.25, 0.3) is 0 Å². The first-order valence-electron chi connectivity index (χ1n) is 3.41. The SMILES string of the molecule is CC1CN(S(=O)(=O)CC#N)C1. The van der Waals surface area contributed by atoms with Crippen LogP contribution in [0.3, 0.4) is 0 Å². The van der Waals surface area contributed by atoms with Crippen LogP contribution in [0.25, 0.3) is 0 Å². The molecule has 0 atom stereocenters. The minimum atomic E-state index is -3.23. The Morgan fingerprint density at radius 1 is 1.64 bits per heavy atom. The predicted octanol–water partition coefficient (Wildman–Crippen LogP) is -0.209. The van der Waals surface area contributed by atoms with Gasteiger partial charge in [0, 0.05) is 13.1 Å². The van der Waals surface area contributed by atoms with Gasteiger partial charge in [0.2, 0.25) is 10.0 Å². The number of sulfonamides is 1. The minimum absolute atomic E-state index is 0.389. The van der Waals surface area contributed by atoms with Crippen molar-refractivity contribution in [2.75, 3.05) is 18.8 Å². The van der Waals surface area contributed by atoms with Gasteiger partial charge in [0.1, 0.15) is 0 Å². The van der Waals surface area contributed by atoms with Crippen LogP contribution in [0, 0.1) is 17.2 Å². The van der Waals surface area contributed by atoms with Crippen LogP contribution in [-0.2, 0) is 10.0 Å². The molecular formula is C6H10N2O2S. The largest absolute Gasteiger partial charge is 0.227 e. The zero-order chi connectivity index (χ0) is 8.48. The van der Waals surface area contributed by atoms with Gasteiger partial charge >= 0.3 is 0 Å². The van der Waals surface area contributed by atoms with Crippen LogP contribution in [0.15, 0.2) is 0 Å². The van der Waals surface area contributed by atoms with Gasteiger partial charge in [-0.1, -0.05) is 6.92 Å². The Morgan fingerprint density at radius 3 is 2.55 bits per heavy atom. The lowest BCUT2D eigenvalue weighted by Gasteiger charge is -2.35. The summed E-state index contributed by atoms with van der Waals surface area (Å²) in [7, 11) is -3.23. The predicted molar refractivity (Wildman–Crippen MR) is 40.1 cm³/mol. The van der Waals surface area contributed by atoms with Crippen LogP contribution in [0.4, 0.5) is 0 Å². The second-order valence-corrected chi connectivity index (χ2v) is 4.81. The fourth-order valence-electron chi connectivity index (χ4n) is 1.04. The lowest BCUT2D eigenvalue weighted by Crippen LogP contribution is -2.49. The van der Waals surface area contributed by atoms with E-state index in [1.807, 2.05) is 6.92 Å². The maximum absolute atomic E-state index is 11.1. The van der Waals surface area contributed by atoms with Crippen LogP contribution in [0.2, 0.25) is 0 Å². The van der Waals surface area contributed by atoms with Gasteiger partial charge in [-0.2, -0.15) is 5.26 Å². The molecule has 0 aromatic rings. The van der Waals surface area contributed by atoms with Crippen molar-refractivity contribution >= 4 is 10.0 Å². The topological polar surface area (TPSA) is 61.2 Å². The van der Waals surface area contributed by atoms with Gasteiger partial charge in [0.15, 0.2) is 5.75 Å². The maximum atomic E-state index is 11.1. The molecule has 0 spiro atoms. The number of rotatable bonds is 2. The molecule has 0 aliphatic carbocycles. The second kappa shape index (κ2) is 2.80. The Balaban J connectivity index is 2.56. The fourth-order valence-corrected chi connectivity index (χ4v) is 2.35. The molecule has 1 saturated heterocycles. The van der Waals surface area contributed by atoms with E-state index in [0.717, 1.165) is 0 Å². The zero-order valence-electron chi connectivity index (χ0n) is 6.32. The summed E-state index contributed by atoms with van der Waals surface area (Å²) in [4.78, 5) is 0. The van der Waals surface area contributed by atoms with Crippen molar-refractivity contribution in [3.63, 3.8) is 0 Å². The number of nitriles is 1. The first-order valence-corrected chi connectivity index (χ1v) is 5.02. The molecule has 0 radical (unpaired) electrons. The quantitative estimate of drug-likeness (QED) is 0.582. The minimum Gasteiger partial charge on any atom is -0.211 e. The van der Waals surface area contributed by atoms with E-state index >= 15 is 0 Å². The first-order chi connectivity index (χ1) is 5.06. The third-order valence-electron chi connectivity index (χ3n) is 1.67. The highest BCUT2D eigenvalue weighted by atomic mass is 32.2. The number of hydrogen-bond acceptors (Lipinski definition) is 3. The Kier molecular flexibility index (Phi) is 2.16. The summed E-state index contributed by atoms with van der Waals surface area (Å²) in [6.45, 7) is 3.13. The van der Waals surface area contributed by atoms with Crippen LogP contribution in [0.1, 0.15) is 6.92 Å². The van der Waals surface area contributed by atoms with Crippen LogP contribution in [-0.4, -0.2) is 31.6 Å². The highest BCUT2D eigenvalue weighted by Crippen LogP contribution is 2.18. The Hall–Kier alpha value is -0.600. The second-order valence-electron chi connectivity index (χ2n) is 2.84. The molecule has 1 fully saturated rings. The zero-order valence-corrected chi connectivity index (χ0v) is 7.13. The van der Waals surface area contributed by atoms with Gasteiger partial charge in [-0.05, 0) is 5.92 Å². The molecule has 4 nitrogen and oxygen atoms in total. The van der Waals surface area contributed by atoms with E-state index in [0.29, 0.717) is 19.0 Å². The van der Waals surface area contributed by atoms with Crippen LogP contribution in [0.5, 0.6) is 0 Å². The normalized spacial score (nSPS) is 20.7. The van der Waals surface area contributed by atoms with Gasteiger partial charge < -0.3 is 0 Å². The van der Waals surface area contributed by atoms with E-state index in [1.165, 1.54) is 4.31 Å². The Labute approximate surface area is 66.5 Å². The molecule has 11 heavy (non-hydrogen) atoms. The number of nitrogens with zero attached hydrogens (tertiary/aromatic N) is 2. The van der Waals surface area contributed by atoms with E-state index in [9.17, 15) is 8.42 Å². The summed E-state index contributed by atoms with van der Waals surface area (Å²) in [5, 5.41) is 8.18. The number of hydrogen-bond donors (Lipinski definition) is 0. The fraction of sp³-hybridized carbons (Fsp3) is 0.833. The summed E-state index contributed by atoms with van der Waals surface area (Å²) in [5.74, 6) is 0.0585. The van der Waals surface area contributed by atoms with Crippen molar-refractivity contribution in [2.24, 2.45) is 5.92 Å². The van der Waals surface area contributed by atoms with E-state index in [4.69, 9.17) is 5.26 Å². The molecule has 1 aliphatic rings. The monoisotopic (exact) mass is 174 g/mol. The van der Waals surface area contributed by atoms with E-state index in [2.05, 4.69) is 0 Å². The molecule has 1 rings (SSSR count). The first kappa shape index (κ1) is 8.50. The smallest absolute Gasteiger partial charge is 0.211 e.